The van der Waals surface area contributed by atoms with Gasteiger partial charge in [0, 0.05) is 11.5 Å². The fourth-order valence-corrected chi connectivity index (χ4v) is 5.73. The van der Waals surface area contributed by atoms with Crippen LogP contribution >= 0.6 is 0 Å². The molecular formula is C29H25F2NO3. The second-order valence-corrected chi connectivity index (χ2v) is 9.25. The number of hydrogen-bond donors (Lipinski definition) is 0. The number of carbonyl (C=O) groups excluding carboxylic acids is 1. The van der Waals surface area contributed by atoms with E-state index in [4.69, 9.17) is 9.47 Å². The molecule has 2 atom stereocenters. The van der Waals surface area contributed by atoms with Gasteiger partial charge in [-0.05, 0) is 39.8 Å². The fourth-order valence-electron chi connectivity index (χ4n) is 5.73. The highest BCUT2D eigenvalue weighted by Gasteiger charge is 2.40. The third-order valence-corrected chi connectivity index (χ3v) is 7.29. The van der Waals surface area contributed by atoms with Crippen LogP contribution in [0.3, 0.4) is 0 Å². The van der Waals surface area contributed by atoms with E-state index in [2.05, 4.69) is 24.3 Å². The van der Waals surface area contributed by atoms with E-state index in [1.54, 1.807) is 23.1 Å². The number of carbonyl (C=O) groups is 1. The number of amides is 1. The standard InChI is InChI=1S/C29H25F2NO3/c30-28(31)26-12-6-1-7-21(26)18-13-19-15-34-16-20(14-18)32(19)29(33)35-17-27-24-10-4-2-8-22(24)23-9-3-5-11-25(23)27/h1-13,19-20,27-28H,14-17H2. The summed E-state index contributed by atoms with van der Waals surface area (Å²) < 4.78 is 38.8. The smallest absolute Gasteiger partial charge is 0.410 e. The number of rotatable bonds is 4. The van der Waals surface area contributed by atoms with Crippen LogP contribution < -0.4 is 0 Å². The van der Waals surface area contributed by atoms with E-state index >= 15 is 0 Å². The van der Waals surface area contributed by atoms with Crippen molar-refractivity contribution >= 4 is 11.7 Å². The topological polar surface area (TPSA) is 38.8 Å². The molecule has 0 aromatic heterocycles. The number of hydrogen-bond acceptors (Lipinski definition) is 3. The number of fused-ring (bicyclic) bond motifs is 5. The summed E-state index contributed by atoms with van der Waals surface area (Å²) in [4.78, 5) is 15.0. The second kappa shape index (κ2) is 8.93. The molecule has 0 N–H and O–H groups in total. The molecule has 2 bridgehead atoms. The SMILES string of the molecule is O=C(OCC1c2ccccc2-c2ccccc21)N1C2C=C(c3ccccc3C(F)F)CC1COC2. The Labute approximate surface area is 202 Å². The van der Waals surface area contributed by atoms with Crippen molar-refractivity contribution in [2.75, 3.05) is 19.8 Å². The summed E-state index contributed by atoms with van der Waals surface area (Å²) >= 11 is 0. The molecule has 1 fully saturated rings. The molecule has 0 radical (unpaired) electrons. The zero-order valence-corrected chi connectivity index (χ0v) is 19.1. The normalized spacial score (nSPS) is 20.9. The minimum Gasteiger partial charge on any atom is -0.448 e. The van der Waals surface area contributed by atoms with Crippen molar-refractivity contribution in [1.29, 1.82) is 0 Å². The molecule has 0 spiro atoms. The van der Waals surface area contributed by atoms with Gasteiger partial charge in [-0.15, -0.1) is 0 Å². The lowest BCUT2D eigenvalue weighted by Crippen LogP contribution is -2.56. The summed E-state index contributed by atoms with van der Waals surface area (Å²) in [7, 11) is 0. The number of halogens is 2. The van der Waals surface area contributed by atoms with Crippen molar-refractivity contribution < 1.29 is 23.0 Å². The lowest BCUT2D eigenvalue weighted by molar-refractivity contribution is -0.0331. The second-order valence-electron chi connectivity index (χ2n) is 9.25. The van der Waals surface area contributed by atoms with Crippen molar-refractivity contribution in [3.8, 4) is 11.1 Å². The molecule has 35 heavy (non-hydrogen) atoms. The molecule has 2 heterocycles. The van der Waals surface area contributed by atoms with Gasteiger partial charge in [-0.1, -0.05) is 78.9 Å². The number of ether oxygens (including phenoxy) is 2. The van der Waals surface area contributed by atoms with Crippen LogP contribution in [0.15, 0.2) is 78.9 Å². The van der Waals surface area contributed by atoms with Gasteiger partial charge in [-0.25, -0.2) is 13.6 Å². The lowest BCUT2D eigenvalue weighted by atomic mass is 9.88. The molecular weight excluding hydrogens is 448 g/mol. The van der Waals surface area contributed by atoms with E-state index in [0.717, 1.165) is 16.7 Å². The predicted octanol–water partition coefficient (Wildman–Crippen LogP) is 6.43. The van der Waals surface area contributed by atoms with Gasteiger partial charge < -0.3 is 9.47 Å². The van der Waals surface area contributed by atoms with Crippen molar-refractivity contribution in [2.24, 2.45) is 0 Å². The monoisotopic (exact) mass is 473 g/mol. The van der Waals surface area contributed by atoms with Gasteiger partial charge in [0.05, 0.1) is 25.3 Å². The maximum atomic E-state index is 13.6. The summed E-state index contributed by atoms with van der Waals surface area (Å²) in [5, 5.41) is 0. The molecule has 6 rings (SSSR count). The maximum absolute atomic E-state index is 13.6. The van der Waals surface area contributed by atoms with Crippen molar-refractivity contribution in [3.05, 3.63) is 101 Å². The van der Waals surface area contributed by atoms with Crippen molar-refractivity contribution in [2.45, 2.75) is 30.8 Å². The molecule has 3 aliphatic rings. The summed E-state index contributed by atoms with van der Waals surface area (Å²) in [6, 6.07) is 22.4. The lowest BCUT2D eigenvalue weighted by Gasteiger charge is -2.44. The van der Waals surface area contributed by atoms with Gasteiger partial charge in [0.25, 0.3) is 6.43 Å². The number of morpholine rings is 1. The number of nitrogens with zero attached hydrogens (tertiary/aromatic N) is 1. The molecule has 3 aromatic carbocycles. The van der Waals surface area contributed by atoms with Gasteiger partial charge in [0.1, 0.15) is 6.61 Å². The minimum absolute atomic E-state index is 0.0174. The third kappa shape index (κ3) is 3.82. The molecule has 1 aliphatic carbocycles. The minimum atomic E-state index is -2.55. The van der Waals surface area contributed by atoms with Crippen LogP contribution in [0, 0.1) is 0 Å². The van der Waals surface area contributed by atoms with Crippen LogP contribution in [0.2, 0.25) is 0 Å². The highest BCUT2D eigenvalue weighted by molar-refractivity contribution is 5.79. The average Bonchev–Trinajstić information content (AvgIpc) is 3.20. The quantitative estimate of drug-likeness (QED) is 0.438. The first kappa shape index (κ1) is 22.0. The Hall–Kier alpha value is -3.51. The molecule has 178 valence electrons. The molecule has 4 nitrogen and oxygen atoms in total. The van der Waals surface area contributed by atoms with Crippen LogP contribution in [0.25, 0.3) is 16.7 Å². The zero-order valence-electron chi connectivity index (χ0n) is 19.1. The third-order valence-electron chi connectivity index (χ3n) is 7.29. The van der Waals surface area contributed by atoms with Crippen LogP contribution in [0.4, 0.5) is 13.6 Å². The molecule has 3 aromatic rings. The van der Waals surface area contributed by atoms with E-state index in [-0.39, 0.29) is 36.3 Å². The fraction of sp³-hybridized carbons (Fsp3) is 0.276. The number of benzene rings is 3. The van der Waals surface area contributed by atoms with Gasteiger partial charge in [-0.3, -0.25) is 4.90 Å². The van der Waals surface area contributed by atoms with E-state index < -0.39 is 6.43 Å². The molecule has 2 aliphatic heterocycles. The van der Waals surface area contributed by atoms with E-state index in [1.807, 2.05) is 30.3 Å². The maximum Gasteiger partial charge on any atom is 0.410 e. The van der Waals surface area contributed by atoms with Gasteiger partial charge >= 0.3 is 6.09 Å². The number of alkyl halides is 2. The Morgan fingerprint density at radius 1 is 0.914 bits per heavy atom. The Kier molecular flexibility index (Phi) is 5.61. The molecule has 1 amide bonds. The largest absolute Gasteiger partial charge is 0.448 e. The summed E-state index contributed by atoms with van der Waals surface area (Å²) in [6.07, 6.45) is -0.603. The molecule has 1 saturated heterocycles. The summed E-state index contributed by atoms with van der Waals surface area (Å²) in [6.45, 7) is 0.921. The van der Waals surface area contributed by atoms with Crippen LogP contribution in [0.5, 0.6) is 0 Å². The first-order valence-corrected chi connectivity index (χ1v) is 11.9. The molecule has 2 unspecified atom stereocenters. The van der Waals surface area contributed by atoms with E-state index in [0.29, 0.717) is 25.2 Å². The van der Waals surface area contributed by atoms with Crippen LogP contribution in [-0.4, -0.2) is 42.9 Å². The van der Waals surface area contributed by atoms with Crippen molar-refractivity contribution in [3.63, 3.8) is 0 Å². The van der Waals surface area contributed by atoms with E-state index in [1.165, 1.54) is 17.2 Å². The van der Waals surface area contributed by atoms with Crippen LogP contribution in [-0.2, 0) is 9.47 Å². The van der Waals surface area contributed by atoms with Crippen molar-refractivity contribution in [1.82, 2.24) is 4.90 Å². The summed E-state index contributed by atoms with van der Waals surface area (Å²) in [5.74, 6) is -0.0174. The Bertz CT molecular complexity index is 1260. The Balaban J connectivity index is 1.23. The zero-order chi connectivity index (χ0) is 23.9. The molecule has 0 saturated carbocycles. The highest BCUT2D eigenvalue weighted by atomic mass is 19.3. The van der Waals surface area contributed by atoms with Gasteiger partial charge in [0.15, 0.2) is 0 Å². The average molecular weight is 474 g/mol. The first-order chi connectivity index (χ1) is 17.1. The highest BCUT2D eigenvalue weighted by Crippen LogP contribution is 2.45. The van der Waals surface area contributed by atoms with E-state index in [9.17, 15) is 13.6 Å². The first-order valence-electron chi connectivity index (χ1n) is 11.9. The Morgan fingerprint density at radius 2 is 1.54 bits per heavy atom. The van der Waals surface area contributed by atoms with Crippen LogP contribution in [0.1, 0.15) is 41.0 Å². The predicted molar refractivity (Wildman–Crippen MR) is 129 cm³/mol. The van der Waals surface area contributed by atoms with Gasteiger partial charge in [0.2, 0.25) is 0 Å². The van der Waals surface area contributed by atoms with Gasteiger partial charge in [-0.2, -0.15) is 0 Å². The molecule has 6 heteroatoms. The summed E-state index contributed by atoms with van der Waals surface area (Å²) in [5.41, 5.74) is 6.08. The Morgan fingerprint density at radius 3 is 2.20 bits per heavy atom.